The molecule has 0 amide bonds. The zero-order chi connectivity index (χ0) is 30.3. The van der Waals surface area contributed by atoms with Gasteiger partial charge in [-0.05, 0) is 79.8 Å². The molecule has 8 nitrogen and oxygen atoms in total. The Hall–Kier alpha value is -5.11. The van der Waals surface area contributed by atoms with Crippen LogP contribution in [0.4, 0.5) is 0 Å². The number of aromatic nitrogens is 3. The standard InChI is InChI=1S/C35H35N3O5/c1-4-43-31-21-18-27(22-28(31)23-34(39)40)26-16-14-25(15-17-26)8-7-11-33-36-38(29-19-12-24(2)13-20-29)35(41)37(33)30-9-5-6-10-32(30)42-3/h5-6,9-10,12-22H,4,7-8,11,23H2,1-3H3,(H,39,40). The number of carboxylic acids is 1. The van der Waals surface area contributed by atoms with E-state index in [4.69, 9.17) is 14.6 Å². The average molecular weight is 578 g/mol. The Labute approximate surface area is 250 Å². The lowest BCUT2D eigenvalue weighted by Crippen LogP contribution is -2.23. The molecule has 0 bridgehead atoms. The first-order valence-corrected chi connectivity index (χ1v) is 14.4. The third-order valence-electron chi connectivity index (χ3n) is 7.31. The maximum absolute atomic E-state index is 13.7. The van der Waals surface area contributed by atoms with Gasteiger partial charge in [0.1, 0.15) is 17.3 Å². The van der Waals surface area contributed by atoms with Crippen LogP contribution in [-0.2, 0) is 24.1 Å². The molecule has 43 heavy (non-hydrogen) atoms. The summed E-state index contributed by atoms with van der Waals surface area (Å²) in [6, 6.07) is 29.1. The molecule has 0 radical (unpaired) electrons. The fourth-order valence-electron chi connectivity index (χ4n) is 5.15. The Bertz CT molecular complexity index is 1770. The van der Waals surface area contributed by atoms with Gasteiger partial charge in [-0.15, -0.1) is 5.10 Å². The van der Waals surface area contributed by atoms with Crippen molar-refractivity contribution >= 4 is 5.97 Å². The van der Waals surface area contributed by atoms with Crippen molar-refractivity contribution in [2.24, 2.45) is 0 Å². The summed E-state index contributed by atoms with van der Waals surface area (Å²) in [7, 11) is 1.60. The van der Waals surface area contributed by atoms with E-state index in [2.05, 4.69) is 12.1 Å². The van der Waals surface area contributed by atoms with E-state index in [0.29, 0.717) is 47.3 Å². The minimum atomic E-state index is -0.895. The predicted molar refractivity (Wildman–Crippen MR) is 167 cm³/mol. The third-order valence-corrected chi connectivity index (χ3v) is 7.31. The summed E-state index contributed by atoms with van der Waals surface area (Å²) in [5.41, 5.74) is 5.98. The Balaban J connectivity index is 1.36. The van der Waals surface area contributed by atoms with Crippen LogP contribution in [0.5, 0.6) is 11.5 Å². The van der Waals surface area contributed by atoms with E-state index in [9.17, 15) is 14.7 Å². The number of benzene rings is 4. The molecule has 4 aromatic carbocycles. The van der Waals surface area contributed by atoms with Crippen molar-refractivity contribution in [3.8, 4) is 34.0 Å². The average Bonchev–Trinajstić information content (AvgIpc) is 3.34. The van der Waals surface area contributed by atoms with Crippen LogP contribution in [0.1, 0.15) is 35.9 Å². The van der Waals surface area contributed by atoms with Gasteiger partial charge in [0, 0.05) is 12.0 Å². The lowest BCUT2D eigenvalue weighted by atomic mass is 9.98. The second-order valence-corrected chi connectivity index (χ2v) is 10.3. The second kappa shape index (κ2) is 13.2. The van der Waals surface area contributed by atoms with Crippen LogP contribution in [-0.4, -0.2) is 39.1 Å². The van der Waals surface area contributed by atoms with E-state index < -0.39 is 5.97 Å². The molecule has 0 saturated heterocycles. The van der Waals surface area contributed by atoms with E-state index in [-0.39, 0.29) is 12.1 Å². The number of aliphatic carboxylic acids is 1. The second-order valence-electron chi connectivity index (χ2n) is 10.3. The molecule has 0 aliphatic rings. The van der Waals surface area contributed by atoms with Crippen LogP contribution in [0.3, 0.4) is 0 Å². The fourth-order valence-corrected chi connectivity index (χ4v) is 5.15. The molecule has 0 saturated carbocycles. The van der Waals surface area contributed by atoms with Crippen LogP contribution < -0.4 is 15.2 Å². The first-order valence-electron chi connectivity index (χ1n) is 14.4. The van der Waals surface area contributed by atoms with E-state index in [1.165, 1.54) is 4.68 Å². The molecule has 0 fully saturated rings. The Morgan fingerprint density at radius 2 is 1.60 bits per heavy atom. The summed E-state index contributed by atoms with van der Waals surface area (Å²) in [4.78, 5) is 25.0. The van der Waals surface area contributed by atoms with Crippen molar-refractivity contribution in [2.45, 2.75) is 39.5 Å². The maximum Gasteiger partial charge on any atom is 0.355 e. The van der Waals surface area contributed by atoms with Crippen molar-refractivity contribution < 1.29 is 19.4 Å². The number of hydrogen-bond donors (Lipinski definition) is 1. The van der Waals surface area contributed by atoms with E-state index in [1.807, 2.05) is 92.7 Å². The van der Waals surface area contributed by atoms with Gasteiger partial charge in [-0.1, -0.05) is 60.2 Å². The monoisotopic (exact) mass is 577 g/mol. The first kappa shape index (κ1) is 29.4. The largest absolute Gasteiger partial charge is 0.495 e. The minimum Gasteiger partial charge on any atom is -0.495 e. The van der Waals surface area contributed by atoms with Crippen LogP contribution in [0.2, 0.25) is 0 Å². The number of methoxy groups -OCH3 is 1. The highest BCUT2D eigenvalue weighted by atomic mass is 16.5. The molecule has 0 unspecified atom stereocenters. The zero-order valence-electron chi connectivity index (χ0n) is 24.6. The van der Waals surface area contributed by atoms with Crippen LogP contribution in [0.15, 0.2) is 95.8 Å². The lowest BCUT2D eigenvalue weighted by Gasteiger charge is -2.12. The zero-order valence-corrected chi connectivity index (χ0v) is 24.6. The van der Waals surface area contributed by atoms with Gasteiger partial charge in [-0.2, -0.15) is 4.68 Å². The summed E-state index contributed by atoms with van der Waals surface area (Å²) in [6.45, 7) is 4.36. The van der Waals surface area contributed by atoms with Crippen molar-refractivity contribution in [3.05, 3.63) is 124 Å². The van der Waals surface area contributed by atoms with Crippen molar-refractivity contribution in [1.82, 2.24) is 14.3 Å². The summed E-state index contributed by atoms with van der Waals surface area (Å²) in [5, 5.41) is 14.1. The Morgan fingerprint density at radius 1 is 0.884 bits per heavy atom. The van der Waals surface area contributed by atoms with E-state index in [0.717, 1.165) is 35.1 Å². The molecule has 1 aromatic heterocycles. The van der Waals surface area contributed by atoms with Gasteiger partial charge in [-0.3, -0.25) is 4.79 Å². The molecular weight excluding hydrogens is 542 g/mol. The number of aryl methyl sites for hydroxylation is 3. The molecule has 0 spiro atoms. The molecule has 8 heteroatoms. The molecule has 1 heterocycles. The minimum absolute atomic E-state index is 0.0964. The van der Waals surface area contributed by atoms with Gasteiger partial charge in [0.25, 0.3) is 0 Å². The van der Waals surface area contributed by atoms with Crippen molar-refractivity contribution in [2.75, 3.05) is 13.7 Å². The van der Waals surface area contributed by atoms with Crippen molar-refractivity contribution in [3.63, 3.8) is 0 Å². The highest BCUT2D eigenvalue weighted by Gasteiger charge is 2.19. The SMILES string of the molecule is CCOc1ccc(-c2ccc(CCCc3nn(-c4ccc(C)cc4)c(=O)n3-c3ccccc3OC)cc2)cc1CC(=O)O. The summed E-state index contributed by atoms with van der Waals surface area (Å²) < 4.78 is 14.3. The summed E-state index contributed by atoms with van der Waals surface area (Å²) in [6.07, 6.45) is 2.07. The quantitative estimate of drug-likeness (QED) is 0.190. The normalized spacial score (nSPS) is 11.0. The Morgan fingerprint density at radius 3 is 2.30 bits per heavy atom. The van der Waals surface area contributed by atoms with Crippen LogP contribution >= 0.6 is 0 Å². The van der Waals surface area contributed by atoms with Gasteiger partial charge >= 0.3 is 11.7 Å². The number of carboxylic acid groups (broad SMARTS) is 1. The molecular formula is C35H35N3O5. The molecule has 220 valence electrons. The third kappa shape index (κ3) is 6.70. The molecule has 1 N–H and O–H groups in total. The number of carbonyl (C=O) groups is 1. The van der Waals surface area contributed by atoms with Crippen LogP contribution in [0, 0.1) is 6.92 Å². The molecule has 5 aromatic rings. The van der Waals surface area contributed by atoms with Gasteiger partial charge in [0.15, 0.2) is 0 Å². The fraction of sp³-hybridized carbons (Fsp3) is 0.229. The molecule has 0 aliphatic carbocycles. The number of hydrogen-bond acceptors (Lipinski definition) is 5. The van der Waals surface area contributed by atoms with Gasteiger partial charge in [0.2, 0.25) is 0 Å². The maximum atomic E-state index is 13.7. The van der Waals surface area contributed by atoms with Crippen LogP contribution in [0.25, 0.3) is 22.5 Å². The van der Waals surface area contributed by atoms with Gasteiger partial charge in [-0.25, -0.2) is 9.36 Å². The van der Waals surface area contributed by atoms with Gasteiger partial charge < -0.3 is 14.6 Å². The number of rotatable bonds is 12. The number of nitrogens with zero attached hydrogens (tertiary/aromatic N) is 3. The molecule has 5 rings (SSSR count). The Kier molecular flexibility index (Phi) is 9.05. The summed E-state index contributed by atoms with van der Waals surface area (Å²) in [5.74, 6) is 0.965. The highest BCUT2D eigenvalue weighted by Crippen LogP contribution is 2.28. The van der Waals surface area contributed by atoms with E-state index in [1.54, 1.807) is 11.7 Å². The smallest absolute Gasteiger partial charge is 0.355 e. The number of para-hydroxylation sites is 2. The topological polar surface area (TPSA) is 95.6 Å². The van der Waals surface area contributed by atoms with E-state index >= 15 is 0 Å². The number of ether oxygens (including phenoxy) is 2. The lowest BCUT2D eigenvalue weighted by molar-refractivity contribution is -0.136. The summed E-state index contributed by atoms with van der Waals surface area (Å²) >= 11 is 0. The van der Waals surface area contributed by atoms with Gasteiger partial charge in [0.05, 0.1) is 31.5 Å². The molecule has 0 atom stereocenters. The predicted octanol–water partition coefficient (Wildman–Crippen LogP) is 6.21. The van der Waals surface area contributed by atoms with Crippen molar-refractivity contribution in [1.29, 1.82) is 0 Å². The highest BCUT2D eigenvalue weighted by molar-refractivity contribution is 5.74. The first-order chi connectivity index (χ1) is 20.9. The molecule has 0 aliphatic heterocycles.